The summed E-state index contributed by atoms with van der Waals surface area (Å²) in [7, 11) is 1.75. The number of anilines is 1. The van der Waals surface area contributed by atoms with E-state index in [-0.39, 0.29) is 0 Å². The zero-order chi connectivity index (χ0) is 7.56. The van der Waals surface area contributed by atoms with Gasteiger partial charge in [0, 0.05) is 18.8 Å². The lowest BCUT2D eigenvalue weighted by Gasteiger charge is -1.98. The van der Waals surface area contributed by atoms with Crippen molar-refractivity contribution in [3.8, 4) is 0 Å². The molecule has 0 radical (unpaired) electrons. The van der Waals surface area contributed by atoms with Gasteiger partial charge in [0.15, 0.2) is 0 Å². The number of rotatable bonds is 1. The summed E-state index contributed by atoms with van der Waals surface area (Å²) in [5.74, 6) is 0.551. The van der Waals surface area contributed by atoms with Crippen LogP contribution in [0.5, 0.6) is 0 Å². The van der Waals surface area contributed by atoms with Gasteiger partial charge in [-0.3, -0.25) is 0 Å². The quantitative estimate of drug-likeness (QED) is 0.628. The van der Waals surface area contributed by atoms with E-state index in [2.05, 4.69) is 15.3 Å². The van der Waals surface area contributed by atoms with E-state index in [0.717, 1.165) is 5.56 Å². The second kappa shape index (κ2) is 2.84. The number of nitrogens with zero attached hydrogens (tertiary/aromatic N) is 2. The van der Waals surface area contributed by atoms with Crippen molar-refractivity contribution in [2.75, 3.05) is 12.4 Å². The highest BCUT2D eigenvalue weighted by molar-refractivity contribution is 6.30. The number of aryl methyl sites for hydroxylation is 1. The number of halogens is 1. The fourth-order valence-corrected chi connectivity index (χ4v) is 0.671. The molecule has 0 aliphatic heterocycles. The van der Waals surface area contributed by atoms with E-state index in [1.165, 1.54) is 0 Å². The third-order valence-electron chi connectivity index (χ3n) is 1.13. The Hall–Kier alpha value is -0.830. The minimum atomic E-state index is 0.499. The first kappa shape index (κ1) is 7.28. The van der Waals surface area contributed by atoms with Gasteiger partial charge in [0.1, 0.15) is 5.15 Å². The zero-order valence-corrected chi connectivity index (χ0v) is 6.61. The summed E-state index contributed by atoms with van der Waals surface area (Å²) in [6.07, 6.45) is 1.68. The van der Waals surface area contributed by atoms with Gasteiger partial charge in [0.2, 0.25) is 5.95 Å². The average molecular weight is 158 g/mol. The molecule has 1 aromatic rings. The SMILES string of the molecule is CNc1ncc(C)c(Cl)n1. The summed E-state index contributed by atoms with van der Waals surface area (Å²) in [6.45, 7) is 1.86. The lowest BCUT2D eigenvalue weighted by Crippen LogP contribution is -1.96. The molecule has 1 rings (SSSR count). The van der Waals surface area contributed by atoms with Crippen molar-refractivity contribution in [1.82, 2.24) is 9.97 Å². The molecule has 0 saturated carbocycles. The second-order valence-electron chi connectivity index (χ2n) is 1.92. The van der Waals surface area contributed by atoms with Crippen molar-refractivity contribution in [3.05, 3.63) is 16.9 Å². The minimum Gasteiger partial charge on any atom is -0.357 e. The van der Waals surface area contributed by atoms with Crippen molar-refractivity contribution in [3.63, 3.8) is 0 Å². The van der Waals surface area contributed by atoms with Crippen LogP contribution in [0.25, 0.3) is 0 Å². The Labute approximate surface area is 64.5 Å². The Kier molecular flexibility index (Phi) is 2.06. The maximum absolute atomic E-state index is 5.70. The average Bonchev–Trinajstić information content (AvgIpc) is 1.95. The second-order valence-corrected chi connectivity index (χ2v) is 2.28. The summed E-state index contributed by atoms with van der Waals surface area (Å²) in [5.41, 5.74) is 0.890. The Morgan fingerprint density at radius 1 is 1.60 bits per heavy atom. The first-order chi connectivity index (χ1) is 4.74. The highest BCUT2D eigenvalue weighted by Gasteiger charge is 1.97. The molecule has 0 bridgehead atoms. The first-order valence-electron chi connectivity index (χ1n) is 2.91. The third kappa shape index (κ3) is 1.36. The van der Waals surface area contributed by atoms with E-state index in [0.29, 0.717) is 11.1 Å². The highest BCUT2D eigenvalue weighted by Crippen LogP contribution is 2.11. The van der Waals surface area contributed by atoms with Crippen molar-refractivity contribution in [1.29, 1.82) is 0 Å². The molecule has 54 valence electrons. The number of hydrogen-bond acceptors (Lipinski definition) is 3. The van der Waals surface area contributed by atoms with Gasteiger partial charge in [0.25, 0.3) is 0 Å². The topological polar surface area (TPSA) is 37.8 Å². The fraction of sp³-hybridized carbons (Fsp3) is 0.333. The van der Waals surface area contributed by atoms with Gasteiger partial charge in [0.05, 0.1) is 0 Å². The van der Waals surface area contributed by atoms with Gasteiger partial charge >= 0.3 is 0 Å². The van der Waals surface area contributed by atoms with Crippen LogP contribution >= 0.6 is 11.6 Å². The molecule has 0 unspecified atom stereocenters. The van der Waals surface area contributed by atoms with Crippen LogP contribution in [-0.4, -0.2) is 17.0 Å². The van der Waals surface area contributed by atoms with Gasteiger partial charge in [-0.05, 0) is 6.92 Å². The van der Waals surface area contributed by atoms with E-state index in [4.69, 9.17) is 11.6 Å². The minimum absolute atomic E-state index is 0.499. The van der Waals surface area contributed by atoms with Crippen LogP contribution in [0.3, 0.4) is 0 Å². The van der Waals surface area contributed by atoms with E-state index >= 15 is 0 Å². The van der Waals surface area contributed by atoms with Crippen LogP contribution in [-0.2, 0) is 0 Å². The van der Waals surface area contributed by atoms with E-state index in [1.807, 2.05) is 6.92 Å². The zero-order valence-electron chi connectivity index (χ0n) is 5.85. The largest absolute Gasteiger partial charge is 0.357 e. The lowest BCUT2D eigenvalue weighted by molar-refractivity contribution is 1.12. The van der Waals surface area contributed by atoms with E-state index in [1.54, 1.807) is 13.2 Å². The maximum atomic E-state index is 5.70. The van der Waals surface area contributed by atoms with Crippen molar-refractivity contribution in [2.24, 2.45) is 0 Å². The summed E-state index contributed by atoms with van der Waals surface area (Å²) < 4.78 is 0. The fourth-order valence-electron chi connectivity index (χ4n) is 0.542. The van der Waals surface area contributed by atoms with Crippen LogP contribution in [0.15, 0.2) is 6.20 Å². The van der Waals surface area contributed by atoms with E-state index in [9.17, 15) is 0 Å². The molecule has 0 aliphatic carbocycles. The summed E-state index contributed by atoms with van der Waals surface area (Å²) >= 11 is 5.70. The van der Waals surface area contributed by atoms with Gasteiger partial charge < -0.3 is 5.32 Å². The van der Waals surface area contributed by atoms with Crippen LogP contribution in [0.1, 0.15) is 5.56 Å². The van der Waals surface area contributed by atoms with Gasteiger partial charge in [-0.2, -0.15) is 0 Å². The van der Waals surface area contributed by atoms with Gasteiger partial charge in [-0.1, -0.05) is 11.6 Å². The summed E-state index contributed by atoms with van der Waals surface area (Å²) in [6, 6.07) is 0. The van der Waals surface area contributed by atoms with Gasteiger partial charge in [-0.15, -0.1) is 0 Å². The van der Waals surface area contributed by atoms with Crippen molar-refractivity contribution in [2.45, 2.75) is 6.92 Å². The first-order valence-corrected chi connectivity index (χ1v) is 3.28. The Morgan fingerprint density at radius 3 is 2.80 bits per heavy atom. The molecule has 0 spiro atoms. The third-order valence-corrected chi connectivity index (χ3v) is 1.52. The maximum Gasteiger partial charge on any atom is 0.223 e. The Bertz CT molecular complexity index is 236. The van der Waals surface area contributed by atoms with Crippen molar-refractivity contribution < 1.29 is 0 Å². The predicted octanol–water partition coefficient (Wildman–Crippen LogP) is 1.48. The van der Waals surface area contributed by atoms with Crippen molar-refractivity contribution >= 4 is 17.5 Å². The number of aromatic nitrogens is 2. The Morgan fingerprint density at radius 2 is 2.30 bits per heavy atom. The van der Waals surface area contributed by atoms with Crippen LogP contribution < -0.4 is 5.32 Å². The Balaban J connectivity index is 3.04. The van der Waals surface area contributed by atoms with Crippen LogP contribution in [0.2, 0.25) is 5.15 Å². The molecular weight excluding hydrogens is 150 g/mol. The summed E-state index contributed by atoms with van der Waals surface area (Å²) in [4.78, 5) is 7.89. The van der Waals surface area contributed by atoms with E-state index < -0.39 is 0 Å². The molecule has 0 aliphatic rings. The normalized spacial score (nSPS) is 9.50. The predicted molar refractivity (Wildman–Crippen MR) is 41.3 cm³/mol. The monoisotopic (exact) mass is 157 g/mol. The molecule has 4 heteroatoms. The molecule has 3 nitrogen and oxygen atoms in total. The molecule has 1 N–H and O–H groups in total. The molecule has 0 atom stereocenters. The molecule has 0 amide bonds. The number of hydrogen-bond donors (Lipinski definition) is 1. The standard InChI is InChI=1S/C6H8ClN3/c1-4-3-9-6(8-2)10-5(4)7/h3H,1-2H3,(H,8,9,10). The molecule has 10 heavy (non-hydrogen) atoms. The van der Waals surface area contributed by atoms with Gasteiger partial charge in [-0.25, -0.2) is 9.97 Å². The molecule has 1 heterocycles. The smallest absolute Gasteiger partial charge is 0.223 e. The summed E-state index contributed by atoms with van der Waals surface area (Å²) in [5, 5.41) is 3.29. The molecule has 1 aromatic heterocycles. The van der Waals surface area contributed by atoms with Crippen LogP contribution in [0.4, 0.5) is 5.95 Å². The highest BCUT2D eigenvalue weighted by atomic mass is 35.5. The molecule has 0 saturated heterocycles. The molecule has 0 aromatic carbocycles. The molecule has 0 fully saturated rings. The molecular formula is C6H8ClN3. The lowest BCUT2D eigenvalue weighted by atomic mass is 10.4. The van der Waals surface area contributed by atoms with Crippen LogP contribution in [0, 0.1) is 6.92 Å². The number of nitrogens with one attached hydrogen (secondary N) is 1.